The monoisotopic (exact) mass is 586 g/mol. The molecule has 0 bridgehead atoms. The highest BCUT2D eigenvalue weighted by Crippen LogP contribution is 2.27. The third-order valence-electron chi connectivity index (χ3n) is 8.97. The van der Waals surface area contributed by atoms with E-state index < -0.39 is 18.1 Å². The highest BCUT2D eigenvalue weighted by atomic mass is 16.4. The molecule has 1 saturated carbocycles. The Morgan fingerprint density at radius 1 is 0.953 bits per heavy atom. The van der Waals surface area contributed by atoms with Gasteiger partial charge in [-0.2, -0.15) is 0 Å². The number of carbonyl (C=O) groups is 4. The van der Waals surface area contributed by atoms with Crippen LogP contribution in [-0.2, 0) is 32.0 Å². The quantitative estimate of drug-likeness (QED) is 0.292. The Kier molecular flexibility index (Phi) is 10.1. The second-order valence-electron chi connectivity index (χ2n) is 12.0. The molecule has 3 N–H and O–H groups in total. The summed E-state index contributed by atoms with van der Waals surface area (Å²) in [5, 5.41) is 13.6. The SMILES string of the molecule is O=C(Cc1c[nH]c2ccccc12)N[C@H](Cc1ccccc1)C(=O)N(CCC1CCCCC1)CC(=O)N1CCC[C@@H]1C(=O)O. The van der Waals surface area contributed by atoms with E-state index in [-0.39, 0.29) is 37.1 Å². The van der Waals surface area contributed by atoms with Gasteiger partial charge in [0.05, 0.1) is 13.0 Å². The van der Waals surface area contributed by atoms with Gasteiger partial charge in [0.2, 0.25) is 17.7 Å². The molecule has 0 radical (unpaired) electrons. The van der Waals surface area contributed by atoms with Crippen LogP contribution in [0, 0.1) is 5.92 Å². The molecular formula is C34H42N4O5. The first kappa shape index (κ1) is 30.3. The van der Waals surface area contributed by atoms with E-state index in [1.165, 1.54) is 24.2 Å². The van der Waals surface area contributed by atoms with Crippen LogP contribution in [0.1, 0.15) is 62.5 Å². The smallest absolute Gasteiger partial charge is 0.326 e. The molecule has 2 aromatic carbocycles. The summed E-state index contributed by atoms with van der Waals surface area (Å²) in [4.78, 5) is 59.0. The van der Waals surface area contributed by atoms with Crippen LogP contribution >= 0.6 is 0 Å². The summed E-state index contributed by atoms with van der Waals surface area (Å²) >= 11 is 0. The molecule has 5 rings (SSSR count). The lowest BCUT2D eigenvalue weighted by atomic mass is 9.87. The van der Waals surface area contributed by atoms with Crippen molar-refractivity contribution < 1.29 is 24.3 Å². The number of para-hydroxylation sites is 1. The molecule has 9 nitrogen and oxygen atoms in total. The normalized spacial score (nSPS) is 18.0. The lowest BCUT2D eigenvalue weighted by molar-refractivity contribution is -0.150. The summed E-state index contributed by atoms with van der Waals surface area (Å²) in [6, 6.07) is 15.6. The van der Waals surface area contributed by atoms with Crippen molar-refractivity contribution in [3.8, 4) is 0 Å². The number of aromatic nitrogens is 1. The van der Waals surface area contributed by atoms with E-state index in [1.54, 1.807) is 4.90 Å². The molecule has 1 saturated heterocycles. The fraction of sp³-hybridized carbons (Fsp3) is 0.471. The van der Waals surface area contributed by atoms with Crippen molar-refractivity contribution in [2.45, 2.75) is 76.3 Å². The summed E-state index contributed by atoms with van der Waals surface area (Å²) in [6.45, 7) is 0.568. The number of nitrogens with one attached hydrogen (secondary N) is 2. The summed E-state index contributed by atoms with van der Waals surface area (Å²) in [7, 11) is 0. The number of benzene rings is 2. The molecule has 3 amide bonds. The molecule has 3 aromatic rings. The Hall–Kier alpha value is -4.14. The number of hydrogen-bond donors (Lipinski definition) is 3. The van der Waals surface area contributed by atoms with Crippen molar-refractivity contribution in [3.05, 3.63) is 71.9 Å². The molecule has 0 spiro atoms. The predicted octanol–water partition coefficient (Wildman–Crippen LogP) is 4.31. The minimum absolute atomic E-state index is 0.109. The summed E-state index contributed by atoms with van der Waals surface area (Å²) in [5.41, 5.74) is 2.69. The van der Waals surface area contributed by atoms with Crippen LogP contribution in [-0.4, -0.2) is 75.3 Å². The van der Waals surface area contributed by atoms with E-state index in [1.807, 2.05) is 60.8 Å². The van der Waals surface area contributed by atoms with Crippen LogP contribution < -0.4 is 5.32 Å². The molecule has 2 fully saturated rings. The average Bonchev–Trinajstić information content (AvgIpc) is 3.68. The number of fused-ring (bicyclic) bond motifs is 1. The second-order valence-corrected chi connectivity index (χ2v) is 12.0. The number of amides is 3. The number of carboxylic acid groups (broad SMARTS) is 1. The summed E-state index contributed by atoms with van der Waals surface area (Å²) in [5.74, 6) is -1.47. The average molecular weight is 587 g/mol. The van der Waals surface area contributed by atoms with Crippen LogP contribution in [0.25, 0.3) is 10.9 Å². The highest BCUT2D eigenvalue weighted by molar-refractivity contribution is 5.94. The van der Waals surface area contributed by atoms with Gasteiger partial charge in [0, 0.05) is 36.6 Å². The second kappa shape index (κ2) is 14.4. The maximum atomic E-state index is 14.3. The Morgan fingerprint density at radius 2 is 1.70 bits per heavy atom. The Labute approximate surface area is 252 Å². The highest BCUT2D eigenvalue weighted by Gasteiger charge is 2.36. The van der Waals surface area contributed by atoms with Crippen molar-refractivity contribution in [3.63, 3.8) is 0 Å². The van der Waals surface area contributed by atoms with Gasteiger partial charge in [-0.05, 0) is 42.4 Å². The first-order valence-electron chi connectivity index (χ1n) is 15.6. The van der Waals surface area contributed by atoms with Crippen molar-refractivity contribution in [1.29, 1.82) is 0 Å². The molecule has 2 atom stereocenters. The molecule has 2 heterocycles. The van der Waals surface area contributed by atoms with Gasteiger partial charge in [-0.3, -0.25) is 14.4 Å². The molecular weight excluding hydrogens is 544 g/mol. The van der Waals surface area contributed by atoms with Crippen LogP contribution in [0.5, 0.6) is 0 Å². The largest absolute Gasteiger partial charge is 0.480 e. The van der Waals surface area contributed by atoms with Crippen molar-refractivity contribution in [2.75, 3.05) is 19.6 Å². The number of carboxylic acids is 1. The van der Waals surface area contributed by atoms with E-state index in [9.17, 15) is 24.3 Å². The lowest BCUT2D eigenvalue weighted by Gasteiger charge is -2.32. The van der Waals surface area contributed by atoms with Gasteiger partial charge in [0.15, 0.2) is 0 Å². The van der Waals surface area contributed by atoms with E-state index in [2.05, 4.69) is 10.3 Å². The van der Waals surface area contributed by atoms with E-state index >= 15 is 0 Å². The number of likely N-dealkylation sites (tertiary alicyclic amines) is 1. The van der Waals surface area contributed by atoms with Gasteiger partial charge in [0.25, 0.3) is 0 Å². The van der Waals surface area contributed by atoms with Crippen molar-refractivity contribution in [1.82, 2.24) is 20.1 Å². The van der Waals surface area contributed by atoms with Gasteiger partial charge in [-0.25, -0.2) is 4.79 Å². The van der Waals surface area contributed by atoms with Crippen LogP contribution in [0.4, 0.5) is 0 Å². The minimum atomic E-state index is -1.02. The molecule has 2 aliphatic rings. The van der Waals surface area contributed by atoms with Crippen LogP contribution in [0.3, 0.4) is 0 Å². The summed E-state index contributed by atoms with van der Waals surface area (Å²) < 4.78 is 0. The van der Waals surface area contributed by atoms with Gasteiger partial charge in [-0.15, -0.1) is 0 Å². The molecule has 228 valence electrons. The zero-order valence-electron chi connectivity index (χ0n) is 24.7. The Bertz CT molecular complexity index is 1410. The molecule has 9 heteroatoms. The first-order valence-corrected chi connectivity index (χ1v) is 15.6. The van der Waals surface area contributed by atoms with Crippen LogP contribution in [0.2, 0.25) is 0 Å². The van der Waals surface area contributed by atoms with Gasteiger partial charge >= 0.3 is 5.97 Å². The number of carbonyl (C=O) groups excluding carboxylic acids is 3. The minimum Gasteiger partial charge on any atom is -0.480 e. The fourth-order valence-corrected chi connectivity index (χ4v) is 6.62. The number of rotatable bonds is 12. The zero-order chi connectivity index (χ0) is 30.2. The molecule has 1 aliphatic heterocycles. The van der Waals surface area contributed by atoms with E-state index in [4.69, 9.17) is 0 Å². The number of aliphatic carboxylic acids is 1. The van der Waals surface area contributed by atoms with E-state index in [0.29, 0.717) is 31.8 Å². The number of hydrogen-bond acceptors (Lipinski definition) is 4. The maximum Gasteiger partial charge on any atom is 0.326 e. The molecule has 1 aliphatic carbocycles. The molecule has 0 unspecified atom stereocenters. The summed E-state index contributed by atoms with van der Waals surface area (Å²) in [6.07, 6.45) is 9.83. The Balaban J connectivity index is 1.35. The van der Waals surface area contributed by atoms with Crippen molar-refractivity contribution >= 4 is 34.6 Å². The molecule has 43 heavy (non-hydrogen) atoms. The third kappa shape index (κ3) is 7.83. The third-order valence-corrected chi connectivity index (χ3v) is 8.97. The van der Waals surface area contributed by atoms with Crippen molar-refractivity contribution in [2.24, 2.45) is 5.92 Å². The number of nitrogens with zero attached hydrogens (tertiary/aromatic N) is 2. The Morgan fingerprint density at radius 3 is 2.47 bits per heavy atom. The molecule has 1 aromatic heterocycles. The predicted molar refractivity (Wildman–Crippen MR) is 164 cm³/mol. The first-order chi connectivity index (χ1) is 20.9. The zero-order valence-corrected chi connectivity index (χ0v) is 24.7. The van der Waals surface area contributed by atoms with Gasteiger partial charge < -0.3 is 25.2 Å². The number of H-pyrrole nitrogens is 1. The van der Waals surface area contributed by atoms with Crippen LogP contribution in [0.15, 0.2) is 60.8 Å². The lowest BCUT2D eigenvalue weighted by Crippen LogP contribution is -2.54. The topological polar surface area (TPSA) is 123 Å². The van der Waals surface area contributed by atoms with Gasteiger partial charge in [-0.1, -0.05) is 80.6 Å². The number of aromatic amines is 1. The van der Waals surface area contributed by atoms with Gasteiger partial charge in [0.1, 0.15) is 12.1 Å². The maximum absolute atomic E-state index is 14.3. The standard InChI is InChI=1S/C34H42N4O5/c39-31(21-26-22-35-28-15-8-7-14-27(26)28)36-29(20-25-12-5-2-6-13-25)33(41)37(19-17-24-10-3-1-4-11-24)23-32(40)38-18-9-16-30(38)34(42)43/h2,5-8,12-15,22,24,29-30,35H,1,3-4,9-11,16-21,23H2,(H,36,39)(H,42,43)/t29-,30-/m1/s1. The fourth-order valence-electron chi connectivity index (χ4n) is 6.62. The van der Waals surface area contributed by atoms with E-state index in [0.717, 1.165) is 41.3 Å².